The summed E-state index contributed by atoms with van der Waals surface area (Å²) in [6.07, 6.45) is -7.69. The highest BCUT2D eigenvalue weighted by atomic mass is 19.4. The van der Waals surface area contributed by atoms with Crippen molar-refractivity contribution >= 4 is 5.69 Å². The van der Waals surface area contributed by atoms with Gasteiger partial charge in [-0.15, -0.1) is 0 Å². The lowest BCUT2D eigenvalue weighted by Crippen LogP contribution is -2.21. The molecule has 2 N–H and O–H groups in total. The minimum absolute atomic E-state index is 0.193. The van der Waals surface area contributed by atoms with Gasteiger partial charge >= 0.3 is 12.4 Å². The van der Waals surface area contributed by atoms with Gasteiger partial charge in [0, 0.05) is 12.3 Å². The largest absolute Gasteiger partial charge is 0.421 e. The van der Waals surface area contributed by atoms with E-state index in [2.05, 4.69) is 0 Å². The van der Waals surface area contributed by atoms with Crippen LogP contribution in [0.1, 0.15) is 11.1 Å². The zero-order valence-corrected chi connectivity index (χ0v) is 11.7. The highest BCUT2D eigenvalue weighted by molar-refractivity contribution is 5.31. The second-order valence-corrected chi connectivity index (χ2v) is 4.27. The molecule has 13 heteroatoms. The number of aromatic amines is 2. The minimum atomic E-state index is -4.89. The highest BCUT2D eigenvalue weighted by Crippen LogP contribution is 2.28. The molecule has 25 heavy (non-hydrogen) atoms. The second-order valence-electron chi connectivity index (χ2n) is 4.27. The van der Waals surface area contributed by atoms with Crippen LogP contribution in [-0.2, 0) is 12.4 Å². The Morgan fingerprint density at radius 1 is 0.920 bits per heavy atom. The average molecular weight is 371 g/mol. The lowest BCUT2D eigenvalue weighted by atomic mass is 10.2. The summed E-state index contributed by atoms with van der Waals surface area (Å²) < 4.78 is 71.6. The van der Waals surface area contributed by atoms with Crippen LogP contribution in [0.15, 0.2) is 40.2 Å². The number of rotatable bonds is 1. The number of nitrogens with zero attached hydrogens (tertiary/aromatic N) is 1. The predicted molar refractivity (Wildman–Crippen MR) is 70.8 cm³/mol. The summed E-state index contributed by atoms with van der Waals surface area (Å²) in [5.74, 6) is 0. The van der Waals surface area contributed by atoms with E-state index < -0.39 is 45.2 Å². The average Bonchev–Trinajstić information content (AvgIpc) is 2.46. The van der Waals surface area contributed by atoms with Crippen LogP contribution in [0, 0.1) is 10.1 Å². The highest BCUT2D eigenvalue weighted by Gasteiger charge is 2.35. The van der Waals surface area contributed by atoms with Crippen molar-refractivity contribution in [2.24, 2.45) is 0 Å². The van der Waals surface area contributed by atoms with Gasteiger partial charge in [-0.1, -0.05) is 0 Å². The molecule has 2 aromatic rings. The van der Waals surface area contributed by atoms with Crippen molar-refractivity contribution < 1.29 is 31.3 Å². The first-order chi connectivity index (χ1) is 11.3. The molecule has 0 fully saturated rings. The maximum atomic E-state index is 12.0. The van der Waals surface area contributed by atoms with E-state index in [1.165, 1.54) is 0 Å². The molecular weight excluding hydrogens is 364 g/mol. The third-order valence-corrected chi connectivity index (χ3v) is 2.53. The van der Waals surface area contributed by atoms with Crippen molar-refractivity contribution in [2.45, 2.75) is 12.4 Å². The number of nitrogens with one attached hydrogen (secondary N) is 2. The fourth-order valence-electron chi connectivity index (χ4n) is 1.43. The summed E-state index contributed by atoms with van der Waals surface area (Å²) in [7, 11) is 0. The minimum Gasteiger partial charge on any atom is -0.329 e. The van der Waals surface area contributed by atoms with Crippen molar-refractivity contribution in [2.75, 3.05) is 0 Å². The first-order valence-electron chi connectivity index (χ1n) is 6.03. The second kappa shape index (κ2) is 7.19. The Balaban J connectivity index is 0.000000257. The number of hydrogen-bond donors (Lipinski definition) is 2. The van der Waals surface area contributed by atoms with Crippen LogP contribution in [0.2, 0.25) is 0 Å². The fourth-order valence-corrected chi connectivity index (χ4v) is 1.43. The Hall–Kier alpha value is -3.12. The van der Waals surface area contributed by atoms with Crippen molar-refractivity contribution in [1.29, 1.82) is 0 Å². The molecule has 0 aliphatic rings. The van der Waals surface area contributed by atoms with Crippen molar-refractivity contribution in [3.05, 3.63) is 72.5 Å². The summed E-state index contributed by atoms with van der Waals surface area (Å²) in [6.45, 7) is 0. The molecule has 7 nitrogen and oxygen atoms in total. The molecule has 0 saturated carbocycles. The molecule has 0 aliphatic heterocycles. The van der Waals surface area contributed by atoms with E-state index >= 15 is 0 Å². The number of H-pyrrole nitrogens is 2. The molecular formula is C12H7F6N3O4. The van der Waals surface area contributed by atoms with Gasteiger partial charge in [0.15, 0.2) is 0 Å². The van der Waals surface area contributed by atoms with E-state index in [1.54, 1.807) is 4.98 Å². The number of aromatic nitrogens is 2. The Morgan fingerprint density at radius 3 is 1.84 bits per heavy atom. The molecule has 2 aromatic heterocycles. The monoisotopic (exact) mass is 371 g/mol. The molecule has 0 saturated heterocycles. The molecule has 2 rings (SSSR count). The Morgan fingerprint density at radius 2 is 1.44 bits per heavy atom. The molecule has 0 aromatic carbocycles. The fraction of sp³-hybridized carbons (Fsp3) is 0.167. The normalized spacial score (nSPS) is 11.4. The summed E-state index contributed by atoms with van der Waals surface area (Å²) in [6, 6.07) is 2.06. The van der Waals surface area contributed by atoms with E-state index in [4.69, 9.17) is 0 Å². The molecule has 0 aliphatic carbocycles. The van der Waals surface area contributed by atoms with E-state index in [1.807, 2.05) is 4.98 Å². The smallest absolute Gasteiger partial charge is 0.329 e. The van der Waals surface area contributed by atoms with E-state index in [0.29, 0.717) is 6.20 Å². The molecule has 0 amide bonds. The van der Waals surface area contributed by atoms with Crippen molar-refractivity contribution in [1.82, 2.24) is 9.97 Å². The van der Waals surface area contributed by atoms with Crippen LogP contribution in [0.4, 0.5) is 32.0 Å². The number of nitro groups is 1. The van der Waals surface area contributed by atoms with Gasteiger partial charge in [0.2, 0.25) is 0 Å². The molecule has 0 bridgehead atoms. The maximum Gasteiger partial charge on any atom is 0.421 e. The van der Waals surface area contributed by atoms with Crippen LogP contribution in [0.3, 0.4) is 0 Å². The zero-order valence-electron chi connectivity index (χ0n) is 11.7. The van der Waals surface area contributed by atoms with Crippen LogP contribution < -0.4 is 11.1 Å². The number of pyridine rings is 2. The third kappa shape index (κ3) is 5.47. The van der Waals surface area contributed by atoms with E-state index in [-0.39, 0.29) is 6.07 Å². The van der Waals surface area contributed by atoms with Crippen LogP contribution >= 0.6 is 0 Å². The SMILES string of the molecule is O=c1[nH]cc([N+](=O)[O-])cc1C(F)(F)F.O=c1[nH]cccc1C(F)(F)F. The Kier molecular flexibility index (Phi) is 5.73. The van der Waals surface area contributed by atoms with E-state index in [0.717, 1.165) is 18.3 Å². The van der Waals surface area contributed by atoms with Crippen LogP contribution in [-0.4, -0.2) is 14.9 Å². The molecule has 0 unspecified atom stereocenters. The summed E-state index contributed by atoms with van der Waals surface area (Å²) in [5, 5.41) is 10.1. The Labute approximate surface area is 133 Å². The van der Waals surface area contributed by atoms with Crippen molar-refractivity contribution in [3.8, 4) is 0 Å². The summed E-state index contributed by atoms with van der Waals surface area (Å²) in [5.41, 5.74) is -6.06. The zero-order chi connectivity index (χ0) is 19.4. The van der Waals surface area contributed by atoms with Gasteiger partial charge in [0.05, 0.1) is 11.1 Å². The standard InChI is InChI=1S/C6H3F3N2O3.C6H4F3NO/c7-6(8,9)4-1-3(11(13)14)2-10-5(4)12;7-6(8,9)4-2-1-3-10-5(4)11/h1-2H,(H,10,12);1-3H,(H,10,11). The molecule has 2 heterocycles. The number of hydrogen-bond acceptors (Lipinski definition) is 4. The number of alkyl halides is 6. The van der Waals surface area contributed by atoms with Gasteiger partial charge in [-0.05, 0) is 12.1 Å². The van der Waals surface area contributed by atoms with Gasteiger partial charge in [0.1, 0.15) is 11.1 Å². The summed E-state index contributed by atoms with van der Waals surface area (Å²) >= 11 is 0. The predicted octanol–water partition coefficient (Wildman–Crippen LogP) is 2.70. The molecule has 0 radical (unpaired) electrons. The number of halogens is 6. The van der Waals surface area contributed by atoms with Crippen LogP contribution in [0.5, 0.6) is 0 Å². The molecule has 136 valence electrons. The van der Waals surface area contributed by atoms with Crippen molar-refractivity contribution in [3.63, 3.8) is 0 Å². The summed E-state index contributed by atoms with van der Waals surface area (Å²) in [4.78, 5) is 33.8. The Bertz CT molecular complexity index is 868. The van der Waals surface area contributed by atoms with Gasteiger partial charge in [-0.25, -0.2) is 0 Å². The van der Waals surface area contributed by atoms with E-state index in [9.17, 15) is 46.0 Å². The van der Waals surface area contributed by atoms with Gasteiger partial charge in [-0.2, -0.15) is 26.3 Å². The van der Waals surface area contributed by atoms with Crippen LogP contribution in [0.25, 0.3) is 0 Å². The molecule has 0 atom stereocenters. The van der Waals surface area contributed by atoms with Gasteiger partial charge in [-0.3, -0.25) is 19.7 Å². The lowest BCUT2D eigenvalue weighted by molar-refractivity contribution is -0.385. The maximum absolute atomic E-state index is 12.0. The first-order valence-corrected chi connectivity index (χ1v) is 6.03. The first kappa shape index (κ1) is 19.9. The van der Waals surface area contributed by atoms with Gasteiger partial charge in [0.25, 0.3) is 16.8 Å². The lowest BCUT2D eigenvalue weighted by Gasteiger charge is -2.03. The van der Waals surface area contributed by atoms with Gasteiger partial charge < -0.3 is 9.97 Å². The molecule has 0 spiro atoms. The quantitative estimate of drug-likeness (QED) is 0.456. The topological polar surface area (TPSA) is 109 Å². The third-order valence-electron chi connectivity index (χ3n) is 2.53.